The molecule has 1 aliphatic heterocycles. The van der Waals surface area contributed by atoms with E-state index >= 15 is 0 Å². The van der Waals surface area contributed by atoms with Gasteiger partial charge in [0.25, 0.3) is 11.6 Å². The van der Waals surface area contributed by atoms with Gasteiger partial charge in [-0.2, -0.15) is 0 Å². The van der Waals surface area contributed by atoms with Crippen molar-refractivity contribution in [1.82, 2.24) is 5.43 Å². The minimum atomic E-state index is -0.434. The second kappa shape index (κ2) is 4.21. The second-order valence-electron chi connectivity index (χ2n) is 4.84. The van der Waals surface area contributed by atoms with Crippen LogP contribution in [0.4, 0.5) is 5.69 Å². The molecule has 0 aliphatic carbocycles. The fourth-order valence-corrected chi connectivity index (χ4v) is 1.91. The fourth-order valence-electron chi connectivity index (χ4n) is 1.91. The minimum Gasteiger partial charge on any atom is -0.269 e. The number of hydrogen-bond donors (Lipinski definition) is 1. The molecule has 1 saturated heterocycles. The molecular formula is C12H14N3O3+. The van der Waals surface area contributed by atoms with E-state index in [4.69, 9.17) is 0 Å². The van der Waals surface area contributed by atoms with Gasteiger partial charge in [-0.3, -0.25) is 14.9 Å². The summed E-state index contributed by atoms with van der Waals surface area (Å²) in [7, 11) is 0. The molecular weight excluding hydrogens is 234 g/mol. The summed E-state index contributed by atoms with van der Waals surface area (Å²) < 4.78 is 1.62. The third-order valence-electron chi connectivity index (χ3n) is 2.89. The first kappa shape index (κ1) is 12.2. The number of hydrogen-bond acceptors (Lipinski definition) is 3. The molecule has 6 heteroatoms. The van der Waals surface area contributed by atoms with Crippen LogP contribution in [0.3, 0.4) is 0 Å². The summed E-state index contributed by atoms with van der Waals surface area (Å²) in [6, 6.07) is 6.43. The lowest BCUT2D eigenvalue weighted by Gasteiger charge is -2.09. The SMILES string of the molecule is CC1(C)CC(=O)N/[N+]1=C/c1ccccc1[N+](=O)[O-]. The highest BCUT2D eigenvalue weighted by Crippen LogP contribution is 2.20. The lowest BCUT2D eigenvalue weighted by molar-refractivity contribution is -0.620. The number of amides is 1. The van der Waals surface area contributed by atoms with E-state index < -0.39 is 4.92 Å². The average molecular weight is 248 g/mol. The molecule has 0 unspecified atom stereocenters. The van der Waals surface area contributed by atoms with E-state index in [9.17, 15) is 14.9 Å². The van der Waals surface area contributed by atoms with Gasteiger partial charge in [-0.1, -0.05) is 12.1 Å². The number of benzene rings is 1. The van der Waals surface area contributed by atoms with Crippen molar-refractivity contribution >= 4 is 17.8 Å². The molecule has 1 amide bonds. The van der Waals surface area contributed by atoms with Crippen molar-refractivity contribution in [2.45, 2.75) is 25.8 Å². The molecule has 1 heterocycles. The maximum absolute atomic E-state index is 11.4. The van der Waals surface area contributed by atoms with Gasteiger partial charge in [0.1, 0.15) is 5.56 Å². The smallest absolute Gasteiger partial charge is 0.269 e. The van der Waals surface area contributed by atoms with Gasteiger partial charge in [0.15, 0.2) is 5.54 Å². The Morgan fingerprint density at radius 2 is 2.11 bits per heavy atom. The van der Waals surface area contributed by atoms with Crippen LogP contribution in [0.25, 0.3) is 0 Å². The maximum atomic E-state index is 11.4. The van der Waals surface area contributed by atoms with Gasteiger partial charge in [-0.15, -0.1) is 10.1 Å². The van der Waals surface area contributed by atoms with Crippen LogP contribution in [-0.4, -0.2) is 27.3 Å². The number of nitro groups is 1. The second-order valence-corrected chi connectivity index (χ2v) is 4.84. The maximum Gasteiger partial charge on any atom is 0.282 e. The summed E-state index contributed by atoms with van der Waals surface area (Å²) in [5.74, 6) is -0.0881. The van der Waals surface area contributed by atoms with Gasteiger partial charge < -0.3 is 0 Å². The Labute approximate surface area is 104 Å². The molecule has 2 rings (SSSR count). The molecule has 1 N–H and O–H groups in total. The molecule has 1 aromatic carbocycles. The minimum absolute atomic E-state index is 0.0226. The highest BCUT2D eigenvalue weighted by molar-refractivity contribution is 5.84. The van der Waals surface area contributed by atoms with Gasteiger partial charge in [0.2, 0.25) is 6.21 Å². The Bertz CT molecular complexity index is 549. The largest absolute Gasteiger partial charge is 0.282 e. The zero-order chi connectivity index (χ0) is 13.3. The molecule has 94 valence electrons. The molecule has 6 nitrogen and oxygen atoms in total. The van der Waals surface area contributed by atoms with Crippen LogP contribution in [0.1, 0.15) is 25.8 Å². The standard InChI is InChI=1S/C12H13N3O3/c1-12(2)7-11(16)13-14(12)8-9-5-3-4-6-10(9)15(17)18/h3-6,8H,7H2,1-2H3/p+1/b14-8+. The quantitative estimate of drug-likeness (QED) is 0.486. The van der Waals surface area contributed by atoms with Crippen molar-refractivity contribution in [3.05, 3.63) is 39.9 Å². The number of hydrazone groups is 1. The van der Waals surface area contributed by atoms with E-state index in [1.807, 2.05) is 13.8 Å². The monoisotopic (exact) mass is 248 g/mol. The van der Waals surface area contributed by atoms with Crippen LogP contribution in [0, 0.1) is 10.1 Å². The van der Waals surface area contributed by atoms with E-state index in [1.54, 1.807) is 29.1 Å². The summed E-state index contributed by atoms with van der Waals surface area (Å²) in [5.41, 5.74) is 2.78. The first-order valence-corrected chi connectivity index (χ1v) is 5.57. The predicted molar refractivity (Wildman–Crippen MR) is 65.4 cm³/mol. The number of rotatable bonds is 2. The van der Waals surface area contributed by atoms with E-state index in [0.29, 0.717) is 12.0 Å². The van der Waals surface area contributed by atoms with Crippen LogP contribution in [0.15, 0.2) is 24.3 Å². The Kier molecular flexibility index (Phi) is 2.86. The van der Waals surface area contributed by atoms with E-state index in [0.717, 1.165) is 0 Å². The zero-order valence-corrected chi connectivity index (χ0v) is 10.2. The van der Waals surface area contributed by atoms with Gasteiger partial charge in [0, 0.05) is 19.9 Å². The highest BCUT2D eigenvalue weighted by atomic mass is 16.6. The fraction of sp³-hybridized carbons (Fsp3) is 0.333. The van der Waals surface area contributed by atoms with Gasteiger partial charge in [-0.05, 0) is 6.07 Å². The first-order valence-electron chi connectivity index (χ1n) is 5.57. The third-order valence-corrected chi connectivity index (χ3v) is 2.89. The Balaban J connectivity index is 2.45. The summed E-state index contributed by atoms with van der Waals surface area (Å²) in [5, 5.41) is 10.9. The predicted octanol–water partition coefficient (Wildman–Crippen LogP) is 1.24. The Morgan fingerprint density at radius 3 is 2.67 bits per heavy atom. The van der Waals surface area contributed by atoms with Crippen LogP contribution in [0.2, 0.25) is 0 Å². The van der Waals surface area contributed by atoms with Crippen LogP contribution < -0.4 is 5.43 Å². The summed E-state index contributed by atoms with van der Waals surface area (Å²) in [4.78, 5) is 21.8. The topological polar surface area (TPSA) is 75.2 Å². The van der Waals surface area contributed by atoms with Crippen molar-refractivity contribution in [3.8, 4) is 0 Å². The summed E-state index contributed by atoms with van der Waals surface area (Å²) in [6.07, 6.45) is 1.97. The number of nitrogens with zero attached hydrogens (tertiary/aromatic N) is 2. The normalized spacial score (nSPS) is 19.9. The highest BCUT2D eigenvalue weighted by Gasteiger charge is 2.42. The number of carbonyl (C=O) groups excluding carboxylic acids is 1. The van der Waals surface area contributed by atoms with Crippen LogP contribution in [0.5, 0.6) is 0 Å². The number of para-hydroxylation sites is 1. The number of carbonyl (C=O) groups is 1. The molecule has 0 saturated carbocycles. The first-order chi connectivity index (χ1) is 8.40. The average Bonchev–Trinajstić information content (AvgIpc) is 2.52. The van der Waals surface area contributed by atoms with Crippen molar-refractivity contribution in [2.24, 2.45) is 0 Å². The molecule has 0 bridgehead atoms. The van der Waals surface area contributed by atoms with E-state index in [-0.39, 0.29) is 17.1 Å². The Morgan fingerprint density at radius 1 is 1.44 bits per heavy atom. The molecule has 1 aromatic rings. The Hall–Kier alpha value is -2.24. The van der Waals surface area contributed by atoms with Crippen molar-refractivity contribution < 1.29 is 14.4 Å². The van der Waals surface area contributed by atoms with E-state index in [1.165, 1.54) is 6.07 Å². The molecule has 1 fully saturated rings. The molecule has 1 aliphatic rings. The van der Waals surface area contributed by atoms with Crippen molar-refractivity contribution in [2.75, 3.05) is 0 Å². The molecule has 0 radical (unpaired) electrons. The van der Waals surface area contributed by atoms with Gasteiger partial charge >= 0.3 is 0 Å². The molecule has 0 aromatic heterocycles. The van der Waals surface area contributed by atoms with Gasteiger partial charge in [-0.25, -0.2) is 0 Å². The summed E-state index contributed by atoms with van der Waals surface area (Å²) in [6.45, 7) is 3.80. The summed E-state index contributed by atoms with van der Waals surface area (Å²) >= 11 is 0. The van der Waals surface area contributed by atoms with Crippen LogP contribution in [-0.2, 0) is 4.79 Å². The third kappa shape index (κ3) is 2.22. The van der Waals surface area contributed by atoms with Crippen molar-refractivity contribution in [3.63, 3.8) is 0 Å². The number of nitro benzene ring substituents is 1. The number of nitrogens with one attached hydrogen (secondary N) is 1. The lowest BCUT2D eigenvalue weighted by Crippen LogP contribution is -2.36. The zero-order valence-electron chi connectivity index (χ0n) is 10.2. The molecule has 18 heavy (non-hydrogen) atoms. The van der Waals surface area contributed by atoms with Gasteiger partial charge in [0.05, 0.1) is 11.3 Å². The van der Waals surface area contributed by atoms with Crippen molar-refractivity contribution in [1.29, 1.82) is 0 Å². The lowest BCUT2D eigenvalue weighted by atomic mass is 10.0. The molecule has 0 spiro atoms. The van der Waals surface area contributed by atoms with Crippen LogP contribution >= 0.6 is 0 Å². The molecule has 0 atom stereocenters. The van der Waals surface area contributed by atoms with E-state index in [2.05, 4.69) is 5.43 Å². The number of hydrazine groups is 1.